The van der Waals surface area contributed by atoms with E-state index in [0.717, 1.165) is 53.5 Å². The Balaban J connectivity index is 1.76. The fraction of sp³-hybridized carbons (Fsp3) is 0.300. The summed E-state index contributed by atoms with van der Waals surface area (Å²) >= 11 is 0. The third kappa shape index (κ3) is 3.07. The summed E-state index contributed by atoms with van der Waals surface area (Å²) in [5, 5.41) is 12.6. The van der Waals surface area contributed by atoms with Crippen LogP contribution in [0.5, 0.6) is 5.75 Å². The number of benzene rings is 2. The molecule has 1 aliphatic heterocycles. The van der Waals surface area contributed by atoms with E-state index in [0.29, 0.717) is 0 Å². The Bertz CT molecular complexity index is 700. The summed E-state index contributed by atoms with van der Waals surface area (Å²) in [7, 11) is 0. The molecule has 2 aromatic carbocycles. The van der Waals surface area contributed by atoms with Gasteiger partial charge >= 0.3 is 0 Å². The van der Waals surface area contributed by atoms with Crippen LogP contribution < -0.4 is 4.74 Å². The molecule has 0 aromatic heterocycles. The smallest absolute Gasteiger partial charge is 0.140 e. The van der Waals surface area contributed by atoms with E-state index in [-0.39, 0.29) is 0 Å². The summed E-state index contributed by atoms with van der Waals surface area (Å²) in [5.74, 6) is 1.70. The Morgan fingerprint density at radius 3 is 2.82 bits per heavy atom. The SMILES string of the molecule is C=CCCCCCC1=CC(O)c2ccc3ccccc3c2O1. The van der Waals surface area contributed by atoms with E-state index in [1.807, 2.05) is 42.5 Å². The molecule has 1 unspecified atom stereocenters. The molecule has 0 aliphatic carbocycles. The summed E-state index contributed by atoms with van der Waals surface area (Å²) in [6.45, 7) is 3.74. The molecule has 1 heterocycles. The van der Waals surface area contributed by atoms with Gasteiger partial charge in [-0.2, -0.15) is 0 Å². The number of hydrogen-bond acceptors (Lipinski definition) is 2. The summed E-state index contributed by atoms with van der Waals surface area (Å²) in [5.41, 5.74) is 0.856. The summed E-state index contributed by atoms with van der Waals surface area (Å²) < 4.78 is 6.10. The number of fused-ring (bicyclic) bond motifs is 3. The van der Waals surface area contributed by atoms with Crippen molar-refractivity contribution in [1.82, 2.24) is 0 Å². The standard InChI is InChI=1S/C20H22O2/c1-2-3-4-5-6-10-16-14-19(21)18-13-12-15-9-7-8-11-17(15)20(18)22-16/h2,7-9,11-14,19,21H,1,3-6,10H2. The van der Waals surface area contributed by atoms with Gasteiger partial charge in [-0.15, -0.1) is 6.58 Å². The van der Waals surface area contributed by atoms with Crippen LogP contribution in [0.3, 0.4) is 0 Å². The Morgan fingerprint density at radius 2 is 1.95 bits per heavy atom. The molecule has 0 bridgehead atoms. The molecule has 0 saturated heterocycles. The Labute approximate surface area is 131 Å². The van der Waals surface area contributed by atoms with Gasteiger partial charge in [0.25, 0.3) is 0 Å². The van der Waals surface area contributed by atoms with E-state index in [9.17, 15) is 5.11 Å². The highest BCUT2D eigenvalue weighted by molar-refractivity contribution is 5.90. The van der Waals surface area contributed by atoms with Gasteiger partial charge in [0, 0.05) is 17.4 Å². The zero-order chi connectivity index (χ0) is 15.4. The minimum absolute atomic E-state index is 0.573. The topological polar surface area (TPSA) is 29.5 Å². The van der Waals surface area contributed by atoms with Gasteiger partial charge in [-0.05, 0) is 30.7 Å². The minimum Gasteiger partial charge on any atom is -0.461 e. The highest BCUT2D eigenvalue weighted by atomic mass is 16.5. The molecule has 3 rings (SSSR count). The van der Waals surface area contributed by atoms with Crippen LogP contribution in [-0.2, 0) is 0 Å². The second-order valence-corrected chi connectivity index (χ2v) is 5.77. The van der Waals surface area contributed by atoms with E-state index in [1.54, 1.807) is 0 Å². The van der Waals surface area contributed by atoms with Crippen molar-refractivity contribution in [2.45, 2.75) is 38.2 Å². The average molecular weight is 294 g/mol. The monoisotopic (exact) mass is 294 g/mol. The third-order valence-corrected chi connectivity index (χ3v) is 4.14. The first-order valence-corrected chi connectivity index (χ1v) is 7.99. The molecule has 114 valence electrons. The van der Waals surface area contributed by atoms with Gasteiger partial charge in [-0.1, -0.05) is 48.9 Å². The number of aliphatic hydroxyl groups is 1. The zero-order valence-electron chi connectivity index (χ0n) is 12.8. The van der Waals surface area contributed by atoms with Crippen molar-refractivity contribution >= 4 is 10.8 Å². The molecule has 0 spiro atoms. The molecular formula is C20H22O2. The number of ether oxygens (including phenoxy) is 1. The molecule has 22 heavy (non-hydrogen) atoms. The lowest BCUT2D eigenvalue weighted by molar-refractivity contribution is 0.205. The summed E-state index contributed by atoms with van der Waals surface area (Å²) in [4.78, 5) is 0. The van der Waals surface area contributed by atoms with Gasteiger partial charge in [0.15, 0.2) is 0 Å². The van der Waals surface area contributed by atoms with Crippen LogP contribution >= 0.6 is 0 Å². The lowest BCUT2D eigenvalue weighted by atomic mass is 9.98. The number of unbranched alkanes of at least 4 members (excludes halogenated alkanes) is 3. The van der Waals surface area contributed by atoms with E-state index in [4.69, 9.17) is 4.74 Å². The molecule has 0 amide bonds. The van der Waals surface area contributed by atoms with E-state index < -0.39 is 6.10 Å². The molecule has 1 N–H and O–H groups in total. The van der Waals surface area contributed by atoms with Crippen LogP contribution in [0.15, 0.2) is 60.9 Å². The normalized spacial score (nSPS) is 16.8. The van der Waals surface area contributed by atoms with Crippen LogP contribution in [0.2, 0.25) is 0 Å². The largest absolute Gasteiger partial charge is 0.461 e. The number of aliphatic hydroxyl groups excluding tert-OH is 1. The Kier molecular flexibility index (Phi) is 4.59. The number of hydrogen-bond donors (Lipinski definition) is 1. The third-order valence-electron chi connectivity index (χ3n) is 4.14. The lowest BCUT2D eigenvalue weighted by Crippen LogP contribution is -2.09. The van der Waals surface area contributed by atoms with Crippen molar-refractivity contribution in [3.05, 3.63) is 66.5 Å². The van der Waals surface area contributed by atoms with Crippen LogP contribution in [0, 0.1) is 0 Å². The van der Waals surface area contributed by atoms with Crippen molar-refractivity contribution in [3.63, 3.8) is 0 Å². The van der Waals surface area contributed by atoms with Gasteiger partial charge in [0.05, 0.1) is 0 Å². The second kappa shape index (κ2) is 6.80. The zero-order valence-corrected chi connectivity index (χ0v) is 12.8. The molecular weight excluding hydrogens is 272 g/mol. The van der Waals surface area contributed by atoms with Crippen LogP contribution in [0.4, 0.5) is 0 Å². The van der Waals surface area contributed by atoms with Gasteiger partial charge in [0.2, 0.25) is 0 Å². The maximum Gasteiger partial charge on any atom is 0.140 e. The highest BCUT2D eigenvalue weighted by Crippen LogP contribution is 2.39. The molecule has 1 aliphatic rings. The van der Waals surface area contributed by atoms with Gasteiger partial charge in [-0.25, -0.2) is 0 Å². The highest BCUT2D eigenvalue weighted by Gasteiger charge is 2.21. The first-order valence-electron chi connectivity index (χ1n) is 7.99. The molecule has 1 atom stereocenters. The van der Waals surface area contributed by atoms with Crippen molar-refractivity contribution < 1.29 is 9.84 Å². The van der Waals surface area contributed by atoms with E-state index >= 15 is 0 Å². The number of allylic oxidation sites excluding steroid dienone is 2. The van der Waals surface area contributed by atoms with Crippen LogP contribution in [-0.4, -0.2) is 5.11 Å². The fourth-order valence-corrected chi connectivity index (χ4v) is 2.94. The van der Waals surface area contributed by atoms with Gasteiger partial charge < -0.3 is 9.84 Å². The Hall–Kier alpha value is -2.06. The molecule has 2 nitrogen and oxygen atoms in total. The van der Waals surface area contributed by atoms with Crippen LogP contribution in [0.25, 0.3) is 10.8 Å². The van der Waals surface area contributed by atoms with E-state index in [2.05, 4.69) is 12.6 Å². The molecule has 2 heteroatoms. The van der Waals surface area contributed by atoms with E-state index in [1.165, 1.54) is 6.42 Å². The predicted molar refractivity (Wildman–Crippen MR) is 90.9 cm³/mol. The molecule has 0 radical (unpaired) electrons. The minimum atomic E-state index is -0.573. The van der Waals surface area contributed by atoms with Gasteiger partial charge in [0.1, 0.15) is 17.6 Å². The van der Waals surface area contributed by atoms with Crippen molar-refractivity contribution in [2.24, 2.45) is 0 Å². The van der Waals surface area contributed by atoms with Crippen molar-refractivity contribution in [3.8, 4) is 5.75 Å². The first kappa shape index (κ1) is 14.9. The van der Waals surface area contributed by atoms with Gasteiger partial charge in [-0.3, -0.25) is 0 Å². The lowest BCUT2D eigenvalue weighted by Gasteiger charge is -2.23. The number of rotatable bonds is 6. The van der Waals surface area contributed by atoms with Crippen molar-refractivity contribution in [2.75, 3.05) is 0 Å². The summed E-state index contributed by atoms with van der Waals surface area (Å²) in [6, 6.07) is 12.1. The maximum atomic E-state index is 10.4. The quantitative estimate of drug-likeness (QED) is 0.579. The fourth-order valence-electron chi connectivity index (χ4n) is 2.94. The molecule has 2 aromatic rings. The second-order valence-electron chi connectivity index (χ2n) is 5.77. The molecule has 0 saturated carbocycles. The van der Waals surface area contributed by atoms with Crippen molar-refractivity contribution in [1.29, 1.82) is 0 Å². The Morgan fingerprint density at radius 1 is 1.09 bits per heavy atom. The predicted octanol–water partition coefficient (Wildman–Crippen LogP) is 5.29. The first-order chi connectivity index (χ1) is 10.8. The maximum absolute atomic E-state index is 10.4. The molecule has 0 fully saturated rings. The average Bonchev–Trinajstić information content (AvgIpc) is 2.54. The summed E-state index contributed by atoms with van der Waals surface area (Å²) in [6.07, 6.45) is 8.56. The van der Waals surface area contributed by atoms with Crippen LogP contribution in [0.1, 0.15) is 43.8 Å².